The minimum atomic E-state index is -0.534. The predicted molar refractivity (Wildman–Crippen MR) is 105 cm³/mol. The van der Waals surface area contributed by atoms with E-state index in [2.05, 4.69) is 5.32 Å². The quantitative estimate of drug-likeness (QED) is 0.709. The maximum atomic E-state index is 12.7. The second kappa shape index (κ2) is 9.49. The number of aromatic nitrogens is 1. The van der Waals surface area contributed by atoms with Crippen LogP contribution in [-0.4, -0.2) is 29.6 Å². The lowest BCUT2D eigenvalue weighted by molar-refractivity contribution is -0.135. The molecule has 0 saturated heterocycles. The fraction of sp³-hybridized carbons (Fsp3) is 0.389. The predicted octanol–water partition coefficient (Wildman–Crippen LogP) is 0.916. The Morgan fingerprint density at radius 2 is 2.15 bits per heavy atom. The lowest BCUT2D eigenvalue weighted by atomic mass is 10.2. The summed E-state index contributed by atoms with van der Waals surface area (Å²) in [6.45, 7) is 6.33. The maximum Gasteiger partial charge on any atom is 0.333 e. The molecule has 2 heterocycles. The molecule has 0 unspecified atom stereocenters. The van der Waals surface area contributed by atoms with Gasteiger partial charge in [-0.05, 0) is 30.4 Å². The van der Waals surface area contributed by atoms with Crippen molar-refractivity contribution < 1.29 is 14.3 Å². The number of hydrogen-bond acceptors (Lipinski definition) is 6. The van der Waals surface area contributed by atoms with Crippen molar-refractivity contribution in [1.82, 2.24) is 9.88 Å². The highest BCUT2D eigenvalue weighted by atomic mass is 32.1. The van der Waals surface area contributed by atoms with Crippen molar-refractivity contribution in [1.29, 1.82) is 0 Å². The number of ether oxygens (including phenoxy) is 1. The van der Waals surface area contributed by atoms with E-state index < -0.39 is 5.97 Å². The zero-order valence-electron chi connectivity index (χ0n) is 15.0. The number of carbonyl (C=O) groups is 2. The van der Waals surface area contributed by atoms with E-state index in [0.29, 0.717) is 21.7 Å². The van der Waals surface area contributed by atoms with E-state index in [1.807, 2.05) is 31.4 Å². The zero-order chi connectivity index (χ0) is 19.1. The van der Waals surface area contributed by atoms with Crippen molar-refractivity contribution in [3.05, 3.63) is 41.9 Å². The molecule has 26 heavy (non-hydrogen) atoms. The molecule has 0 aliphatic carbocycles. The molecule has 0 aliphatic rings. The van der Waals surface area contributed by atoms with Crippen LogP contribution in [0.4, 0.5) is 0 Å². The highest BCUT2D eigenvalue weighted by molar-refractivity contribution is 7.11. The van der Waals surface area contributed by atoms with E-state index in [4.69, 9.17) is 4.74 Å². The summed E-state index contributed by atoms with van der Waals surface area (Å²) < 4.78 is 7.11. The monoisotopic (exact) mass is 394 g/mol. The third-order valence-corrected chi connectivity index (χ3v) is 5.17. The summed E-state index contributed by atoms with van der Waals surface area (Å²) in [4.78, 5) is 37.6. The van der Waals surface area contributed by atoms with Crippen molar-refractivity contribution in [3.63, 3.8) is 0 Å². The molecule has 0 aliphatic heterocycles. The van der Waals surface area contributed by atoms with E-state index in [9.17, 15) is 14.4 Å². The number of hydrogen-bond donors (Lipinski definition) is 1. The van der Waals surface area contributed by atoms with Gasteiger partial charge < -0.3 is 10.1 Å². The Bertz CT molecular complexity index is 924. The summed E-state index contributed by atoms with van der Waals surface area (Å²) in [6, 6.07) is 3.80. The lowest BCUT2D eigenvalue weighted by Gasteiger charge is -2.07. The molecule has 2 rings (SSSR count). The molecule has 2 aromatic rings. The fourth-order valence-corrected chi connectivity index (χ4v) is 3.85. The van der Waals surface area contributed by atoms with E-state index >= 15 is 0 Å². The largest absolute Gasteiger partial charge is 0.463 e. The van der Waals surface area contributed by atoms with E-state index in [1.54, 1.807) is 13.0 Å². The van der Waals surface area contributed by atoms with E-state index in [1.165, 1.54) is 33.3 Å². The molecule has 1 amide bonds. The van der Waals surface area contributed by atoms with Crippen molar-refractivity contribution >= 4 is 46.7 Å². The van der Waals surface area contributed by atoms with Crippen LogP contribution in [0.1, 0.15) is 25.6 Å². The standard InChI is InChI=1S/C18H22N2O4S2/c1-4-24-17(22)9-16-20(11-15(21)19-10-12(2)3)18(23)14(26-16)8-13-6-5-7-25-13/h5-9,12H,4,10-11H2,1-3H3,(H,19,21)/b14-8-,16-9+. The van der Waals surface area contributed by atoms with Crippen LogP contribution in [0.25, 0.3) is 12.2 Å². The van der Waals surface area contributed by atoms with Gasteiger partial charge >= 0.3 is 5.97 Å². The Hall–Kier alpha value is -2.19. The van der Waals surface area contributed by atoms with Gasteiger partial charge in [0.1, 0.15) is 11.2 Å². The molecule has 0 radical (unpaired) electrons. The van der Waals surface area contributed by atoms with Gasteiger partial charge in [-0.15, -0.1) is 22.7 Å². The molecule has 140 valence electrons. The molecule has 0 bridgehead atoms. The molecule has 0 aromatic carbocycles. The van der Waals surface area contributed by atoms with Gasteiger partial charge in [-0.3, -0.25) is 14.2 Å². The van der Waals surface area contributed by atoms with Gasteiger partial charge in [0.25, 0.3) is 5.56 Å². The van der Waals surface area contributed by atoms with Gasteiger partial charge in [0.15, 0.2) is 0 Å². The molecule has 0 spiro atoms. The highest BCUT2D eigenvalue weighted by Crippen LogP contribution is 2.08. The number of rotatable bonds is 7. The van der Waals surface area contributed by atoms with Gasteiger partial charge in [0, 0.05) is 11.4 Å². The van der Waals surface area contributed by atoms with E-state index in [0.717, 1.165) is 4.88 Å². The first kappa shape index (κ1) is 20.1. The second-order valence-electron chi connectivity index (χ2n) is 5.95. The highest BCUT2D eigenvalue weighted by Gasteiger charge is 2.11. The molecule has 2 aromatic heterocycles. The summed E-state index contributed by atoms with van der Waals surface area (Å²) in [5, 5.41) is 4.71. The molecular formula is C18H22N2O4S2. The number of amides is 1. The van der Waals surface area contributed by atoms with Crippen molar-refractivity contribution in [2.24, 2.45) is 5.92 Å². The van der Waals surface area contributed by atoms with Crippen molar-refractivity contribution in [2.45, 2.75) is 27.3 Å². The maximum absolute atomic E-state index is 12.7. The summed E-state index contributed by atoms with van der Waals surface area (Å²) in [7, 11) is 0. The third-order valence-electron chi connectivity index (χ3n) is 3.29. The first-order valence-corrected chi connectivity index (χ1v) is 10.0. The molecular weight excluding hydrogens is 372 g/mol. The molecule has 6 nitrogen and oxygen atoms in total. The van der Waals surface area contributed by atoms with Gasteiger partial charge in [0.05, 0.1) is 17.2 Å². The summed E-state index contributed by atoms with van der Waals surface area (Å²) in [6.07, 6.45) is 3.03. The fourth-order valence-electron chi connectivity index (χ4n) is 2.10. The normalized spacial score (nSPS) is 12.6. The summed E-state index contributed by atoms with van der Waals surface area (Å²) in [5.74, 6) is -0.487. The molecule has 0 fully saturated rings. The average Bonchev–Trinajstić information content (AvgIpc) is 3.18. The van der Waals surface area contributed by atoms with Crippen LogP contribution in [0.15, 0.2) is 22.3 Å². The molecule has 1 N–H and O–H groups in total. The molecule has 0 saturated carbocycles. The van der Waals surface area contributed by atoms with Gasteiger partial charge in [0.2, 0.25) is 5.91 Å². The van der Waals surface area contributed by atoms with Crippen molar-refractivity contribution in [2.75, 3.05) is 13.2 Å². The van der Waals surface area contributed by atoms with Crippen molar-refractivity contribution in [3.8, 4) is 0 Å². The van der Waals surface area contributed by atoms with Crippen LogP contribution in [-0.2, 0) is 20.9 Å². The Balaban J connectivity index is 2.43. The van der Waals surface area contributed by atoms with Crippen LogP contribution in [0.5, 0.6) is 0 Å². The van der Waals surface area contributed by atoms with Gasteiger partial charge in [-0.25, -0.2) is 4.79 Å². The summed E-state index contributed by atoms with van der Waals surface area (Å²) >= 11 is 2.68. The Morgan fingerprint density at radius 1 is 1.38 bits per heavy atom. The second-order valence-corrected chi connectivity index (χ2v) is 7.99. The number of thiophene rings is 1. The Labute approximate surface area is 159 Å². The third kappa shape index (κ3) is 5.67. The van der Waals surface area contributed by atoms with Crippen LogP contribution < -0.4 is 20.1 Å². The molecule has 0 atom stereocenters. The van der Waals surface area contributed by atoms with Gasteiger partial charge in [-0.1, -0.05) is 19.9 Å². The van der Waals surface area contributed by atoms with E-state index in [-0.39, 0.29) is 24.6 Å². The average molecular weight is 395 g/mol. The number of thiazole rings is 1. The van der Waals surface area contributed by atoms with Crippen LogP contribution in [0.3, 0.4) is 0 Å². The number of esters is 1. The minimum Gasteiger partial charge on any atom is -0.463 e. The number of nitrogens with zero attached hydrogens (tertiary/aromatic N) is 1. The number of nitrogens with one attached hydrogen (secondary N) is 1. The Morgan fingerprint density at radius 3 is 2.77 bits per heavy atom. The van der Waals surface area contributed by atoms with Crippen LogP contribution in [0, 0.1) is 5.92 Å². The van der Waals surface area contributed by atoms with Crippen LogP contribution in [0.2, 0.25) is 0 Å². The first-order valence-electron chi connectivity index (χ1n) is 8.30. The Kier molecular flexibility index (Phi) is 7.35. The number of carbonyl (C=O) groups excluding carboxylic acids is 2. The first-order chi connectivity index (χ1) is 12.4. The topological polar surface area (TPSA) is 77.4 Å². The zero-order valence-corrected chi connectivity index (χ0v) is 16.6. The lowest BCUT2D eigenvalue weighted by Crippen LogP contribution is -2.39. The minimum absolute atomic E-state index is 0.133. The smallest absolute Gasteiger partial charge is 0.333 e. The van der Waals surface area contributed by atoms with Crippen LogP contribution >= 0.6 is 22.7 Å². The van der Waals surface area contributed by atoms with Gasteiger partial charge in [-0.2, -0.15) is 0 Å². The SMILES string of the molecule is CCOC(=O)/C=c1/s/c(=C\c2cccs2)c(=O)n1CC(=O)NCC(C)C. The summed E-state index contributed by atoms with van der Waals surface area (Å²) in [5.41, 5.74) is -0.293. The molecule has 8 heteroatoms.